The zero-order valence-electron chi connectivity index (χ0n) is 36.6. The summed E-state index contributed by atoms with van der Waals surface area (Å²) in [5, 5.41) is 0. The minimum Gasteiger partial charge on any atom is -0.462 e. The fraction of sp³-hybridized carbons (Fsp3) is 0.740. The SMILES string of the molecule is CC\C=C/C=C\C=C/C=C\CCCCCC(=O)OCC(COC(=O)CCCCCCC/C=C\CCCCC)OC(=O)CCCCCCCCCCCCCCC. The summed E-state index contributed by atoms with van der Waals surface area (Å²) in [6, 6.07) is 0. The van der Waals surface area contributed by atoms with Gasteiger partial charge >= 0.3 is 17.9 Å². The van der Waals surface area contributed by atoms with Gasteiger partial charge in [-0.2, -0.15) is 0 Å². The maximum atomic E-state index is 12.7. The zero-order chi connectivity index (χ0) is 40.8. The molecule has 56 heavy (non-hydrogen) atoms. The van der Waals surface area contributed by atoms with Crippen molar-refractivity contribution in [1.82, 2.24) is 0 Å². The van der Waals surface area contributed by atoms with E-state index in [0.717, 1.165) is 77.0 Å². The van der Waals surface area contributed by atoms with E-state index in [1.165, 1.54) is 103 Å². The highest BCUT2D eigenvalue weighted by atomic mass is 16.6. The molecule has 0 bridgehead atoms. The molecule has 0 aliphatic rings. The first kappa shape index (κ1) is 53.1. The average Bonchev–Trinajstić information content (AvgIpc) is 3.19. The van der Waals surface area contributed by atoms with Crippen molar-refractivity contribution in [1.29, 1.82) is 0 Å². The number of allylic oxidation sites excluding steroid dienone is 10. The third kappa shape index (κ3) is 42.3. The Hall–Kier alpha value is -2.89. The number of unbranched alkanes of at least 4 members (excludes halogenated alkanes) is 23. The van der Waals surface area contributed by atoms with Crippen molar-refractivity contribution in [3.63, 3.8) is 0 Å². The molecule has 0 amide bonds. The number of rotatable bonds is 41. The van der Waals surface area contributed by atoms with Gasteiger partial charge in [-0.05, 0) is 64.2 Å². The van der Waals surface area contributed by atoms with Crippen molar-refractivity contribution in [2.45, 2.75) is 226 Å². The summed E-state index contributed by atoms with van der Waals surface area (Å²) in [5.74, 6) is -0.939. The summed E-state index contributed by atoms with van der Waals surface area (Å²) in [6.07, 6.45) is 53.4. The monoisotopic (exact) mass is 783 g/mol. The van der Waals surface area contributed by atoms with E-state index in [4.69, 9.17) is 14.2 Å². The Bertz CT molecular complexity index is 1040. The molecule has 0 aromatic heterocycles. The van der Waals surface area contributed by atoms with E-state index in [1.54, 1.807) is 0 Å². The molecule has 0 saturated heterocycles. The molecule has 0 aromatic carbocycles. The van der Waals surface area contributed by atoms with Crippen LogP contribution in [0.4, 0.5) is 0 Å². The molecular formula is C50H86O6. The van der Waals surface area contributed by atoms with Crippen LogP contribution < -0.4 is 0 Å². The zero-order valence-corrected chi connectivity index (χ0v) is 36.6. The lowest BCUT2D eigenvalue weighted by Crippen LogP contribution is -2.30. The van der Waals surface area contributed by atoms with Gasteiger partial charge in [-0.25, -0.2) is 0 Å². The van der Waals surface area contributed by atoms with Crippen LogP contribution in [0.1, 0.15) is 220 Å². The third-order valence-corrected chi connectivity index (χ3v) is 9.85. The predicted molar refractivity (Wildman–Crippen MR) is 238 cm³/mol. The molecule has 1 atom stereocenters. The van der Waals surface area contributed by atoms with Crippen LogP contribution in [0.25, 0.3) is 0 Å². The van der Waals surface area contributed by atoms with Crippen molar-refractivity contribution >= 4 is 17.9 Å². The molecule has 0 radical (unpaired) electrons. The van der Waals surface area contributed by atoms with Crippen LogP contribution in [0.3, 0.4) is 0 Å². The maximum Gasteiger partial charge on any atom is 0.306 e. The first-order valence-electron chi connectivity index (χ1n) is 23.3. The molecule has 0 aliphatic heterocycles. The molecule has 0 heterocycles. The molecule has 1 unspecified atom stereocenters. The predicted octanol–water partition coefficient (Wildman–Crippen LogP) is 14.9. The fourth-order valence-electron chi connectivity index (χ4n) is 6.33. The molecule has 0 spiro atoms. The fourth-order valence-corrected chi connectivity index (χ4v) is 6.33. The third-order valence-electron chi connectivity index (χ3n) is 9.85. The molecule has 6 nitrogen and oxygen atoms in total. The van der Waals surface area contributed by atoms with Crippen LogP contribution in [0, 0.1) is 0 Å². The van der Waals surface area contributed by atoms with Gasteiger partial charge in [-0.15, -0.1) is 0 Å². The Morgan fingerprint density at radius 2 is 0.714 bits per heavy atom. The molecule has 0 fully saturated rings. The molecule has 0 aromatic rings. The van der Waals surface area contributed by atoms with Gasteiger partial charge in [0.2, 0.25) is 0 Å². The van der Waals surface area contributed by atoms with Crippen molar-refractivity contribution in [2.75, 3.05) is 13.2 Å². The van der Waals surface area contributed by atoms with Gasteiger partial charge in [0.15, 0.2) is 6.10 Å². The van der Waals surface area contributed by atoms with Crippen LogP contribution in [0.2, 0.25) is 0 Å². The molecule has 0 N–H and O–H groups in total. The Labute approximate surface area is 345 Å². The number of carbonyl (C=O) groups excluding carboxylic acids is 3. The van der Waals surface area contributed by atoms with Gasteiger partial charge in [-0.1, -0.05) is 197 Å². The average molecular weight is 783 g/mol. The van der Waals surface area contributed by atoms with Crippen LogP contribution >= 0.6 is 0 Å². The number of hydrogen-bond acceptors (Lipinski definition) is 6. The topological polar surface area (TPSA) is 78.9 Å². The summed E-state index contributed by atoms with van der Waals surface area (Å²) in [6.45, 7) is 6.42. The second-order valence-corrected chi connectivity index (χ2v) is 15.4. The van der Waals surface area contributed by atoms with Crippen molar-refractivity contribution in [3.05, 3.63) is 60.8 Å². The first-order valence-corrected chi connectivity index (χ1v) is 23.3. The van der Waals surface area contributed by atoms with Crippen molar-refractivity contribution in [3.8, 4) is 0 Å². The molecule has 0 rings (SSSR count). The number of hydrogen-bond donors (Lipinski definition) is 0. The van der Waals surface area contributed by atoms with E-state index >= 15 is 0 Å². The Morgan fingerprint density at radius 3 is 1.20 bits per heavy atom. The van der Waals surface area contributed by atoms with Crippen LogP contribution in [0.15, 0.2) is 60.8 Å². The van der Waals surface area contributed by atoms with E-state index < -0.39 is 6.10 Å². The van der Waals surface area contributed by atoms with E-state index in [-0.39, 0.29) is 31.1 Å². The van der Waals surface area contributed by atoms with Gasteiger partial charge in [0.25, 0.3) is 0 Å². The lowest BCUT2D eigenvalue weighted by Gasteiger charge is -2.18. The van der Waals surface area contributed by atoms with Gasteiger partial charge in [0.1, 0.15) is 13.2 Å². The molecular weight excluding hydrogens is 697 g/mol. The Balaban J connectivity index is 4.45. The number of carbonyl (C=O) groups is 3. The molecule has 0 aliphatic carbocycles. The van der Waals surface area contributed by atoms with Gasteiger partial charge in [0.05, 0.1) is 0 Å². The standard InChI is InChI=1S/C50H86O6/c1-4-7-10-13-16-19-22-25-28-31-34-37-40-43-49(52)55-46-47(45-54-48(51)42-39-36-33-30-27-24-21-18-15-12-9-6-3)56-50(53)44-41-38-35-32-29-26-23-20-17-14-11-8-5-2/h7,10,13,16,18-19,21-22,25,28,47H,4-6,8-9,11-12,14-15,17,20,23-24,26-27,29-46H2,1-3H3/b10-7-,16-13-,21-18-,22-19-,28-25-. The van der Waals surface area contributed by atoms with E-state index in [2.05, 4.69) is 45.1 Å². The lowest BCUT2D eigenvalue weighted by atomic mass is 10.0. The second kappa shape index (κ2) is 44.8. The smallest absolute Gasteiger partial charge is 0.306 e. The highest BCUT2D eigenvalue weighted by Crippen LogP contribution is 2.14. The largest absolute Gasteiger partial charge is 0.462 e. The highest BCUT2D eigenvalue weighted by molar-refractivity contribution is 5.71. The summed E-state index contributed by atoms with van der Waals surface area (Å²) >= 11 is 0. The number of esters is 3. The first-order chi connectivity index (χ1) is 27.5. The Morgan fingerprint density at radius 1 is 0.375 bits per heavy atom. The normalized spacial score (nSPS) is 12.6. The minimum absolute atomic E-state index is 0.0902. The van der Waals surface area contributed by atoms with Crippen molar-refractivity contribution in [2.24, 2.45) is 0 Å². The highest BCUT2D eigenvalue weighted by Gasteiger charge is 2.19. The van der Waals surface area contributed by atoms with E-state index in [1.807, 2.05) is 36.5 Å². The van der Waals surface area contributed by atoms with Crippen molar-refractivity contribution < 1.29 is 28.6 Å². The van der Waals surface area contributed by atoms with Gasteiger partial charge < -0.3 is 14.2 Å². The molecule has 6 heteroatoms. The maximum absolute atomic E-state index is 12.7. The Kier molecular flexibility index (Phi) is 42.5. The lowest BCUT2D eigenvalue weighted by molar-refractivity contribution is -0.167. The summed E-state index contributed by atoms with van der Waals surface area (Å²) < 4.78 is 16.7. The molecule has 322 valence electrons. The number of ether oxygens (including phenoxy) is 3. The van der Waals surface area contributed by atoms with E-state index in [0.29, 0.717) is 19.3 Å². The minimum atomic E-state index is -0.789. The quantitative estimate of drug-likeness (QED) is 0.0202. The van der Waals surface area contributed by atoms with Crippen LogP contribution in [-0.4, -0.2) is 37.2 Å². The van der Waals surface area contributed by atoms with E-state index in [9.17, 15) is 14.4 Å². The van der Waals surface area contributed by atoms with Crippen LogP contribution in [-0.2, 0) is 28.6 Å². The summed E-state index contributed by atoms with van der Waals surface area (Å²) in [4.78, 5) is 37.8. The van der Waals surface area contributed by atoms with Crippen LogP contribution in [0.5, 0.6) is 0 Å². The summed E-state index contributed by atoms with van der Waals surface area (Å²) in [5.41, 5.74) is 0. The summed E-state index contributed by atoms with van der Waals surface area (Å²) in [7, 11) is 0. The second-order valence-electron chi connectivity index (χ2n) is 15.4. The molecule has 0 saturated carbocycles. The van der Waals surface area contributed by atoms with Gasteiger partial charge in [0, 0.05) is 19.3 Å². The van der Waals surface area contributed by atoms with Gasteiger partial charge in [-0.3, -0.25) is 14.4 Å².